The van der Waals surface area contributed by atoms with Gasteiger partial charge in [-0.3, -0.25) is 4.79 Å². The summed E-state index contributed by atoms with van der Waals surface area (Å²) in [6.45, 7) is 6.74. The molecule has 0 aromatic rings. The first-order valence-electron chi connectivity index (χ1n) is 8.68. The van der Waals surface area contributed by atoms with E-state index in [-0.39, 0.29) is 0 Å². The van der Waals surface area contributed by atoms with Crippen LogP contribution >= 0.6 is 0 Å². The monoisotopic (exact) mass is 278 g/mol. The van der Waals surface area contributed by atoms with E-state index in [0.717, 1.165) is 50.6 Å². The smallest absolute Gasteiger partial charge is 0.225 e. The quantitative estimate of drug-likeness (QED) is 0.861. The molecule has 0 spiro atoms. The van der Waals surface area contributed by atoms with Crippen LogP contribution in [0.15, 0.2) is 0 Å². The molecule has 3 rings (SSSR count). The average Bonchev–Trinajstić information content (AvgIpc) is 3.26. The minimum atomic E-state index is 0.388. The Morgan fingerprint density at radius 3 is 2.30 bits per heavy atom. The summed E-state index contributed by atoms with van der Waals surface area (Å²) in [6, 6.07) is 1.35. The van der Waals surface area contributed by atoms with Crippen molar-refractivity contribution in [3.63, 3.8) is 0 Å². The summed E-state index contributed by atoms with van der Waals surface area (Å²) in [6.07, 6.45) is 8.65. The Morgan fingerprint density at radius 1 is 1.00 bits per heavy atom. The number of carbonyl (C=O) groups excluding carboxylic acids is 1. The van der Waals surface area contributed by atoms with E-state index in [9.17, 15) is 4.79 Å². The second-order valence-electron chi connectivity index (χ2n) is 7.54. The van der Waals surface area contributed by atoms with Crippen LogP contribution in [0.2, 0.25) is 0 Å². The van der Waals surface area contributed by atoms with E-state index < -0.39 is 0 Å². The van der Waals surface area contributed by atoms with Crippen LogP contribution in [0.4, 0.5) is 0 Å². The van der Waals surface area contributed by atoms with E-state index in [4.69, 9.17) is 0 Å². The van der Waals surface area contributed by atoms with Crippen LogP contribution in [-0.2, 0) is 4.79 Å². The van der Waals surface area contributed by atoms with Gasteiger partial charge in [-0.1, -0.05) is 13.8 Å². The molecule has 1 aliphatic heterocycles. The van der Waals surface area contributed by atoms with Crippen LogP contribution in [0.1, 0.15) is 58.8 Å². The molecule has 3 atom stereocenters. The van der Waals surface area contributed by atoms with E-state index in [1.807, 2.05) is 0 Å². The molecule has 3 unspecified atom stereocenters. The summed E-state index contributed by atoms with van der Waals surface area (Å²) in [5.41, 5.74) is 0. The largest absolute Gasteiger partial charge is 0.342 e. The second-order valence-corrected chi connectivity index (χ2v) is 7.54. The zero-order valence-corrected chi connectivity index (χ0v) is 13.1. The van der Waals surface area contributed by atoms with Crippen molar-refractivity contribution in [2.24, 2.45) is 17.8 Å². The average molecular weight is 278 g/mol. The lowest BCUT2D eigenvalue weighted by molar-refractivity contribution is -0.133. The molecule has 1 saturated heterocycles. The van der Waals surface area contributed by atoms with E-state index >= 15 is 0 Å². The molecular formula is C17H30N2O. The minimum Gasteiger partial charge on any atom is -0.342 e. The summed E-state index contributed by atoms with van der Waals surface area (Å²) in [7, 11) is 0. The van der Waals surface area contributed by atoms with E-state index in [1.165, 1.54) is 19.3 Å². The molecule has 3 nitrogen and oxygen atoms in total. The Balaban J connectivity index is 1.43. The Kier molecular flexibility index (Phi) is 4.34. The van der Waals surface area contributed by atoms with Gasteiger partial charge < -0.3 is 10.2 Å². The summed E-state index contributed by atoms with van der Waals surface area (Å²) in [5, 5.41) is 3.89. The molecule has 3 aliphatic rings. The lowest BCUT2D eigenvalue weighted by atomic mass is 9.79. The minimum absolute atomic E-state index is 0.388. The fourth-order valence-electron chi connectivity index (χ4n) is 4.07. The van der Waals surface area contributed by atoms with Crippen molar-refractivity contribution < 1.29 is 4.79 Å². The summed E-state index contributed by atoms with van der Waals surface area (Å²) < 4.78 is 0. The molecule has 0 aromatic heterocycles. The predicted molar refractivity (Wildman–Crippen MR) is 81.4 cm³/mol. The number of nitrogens with one attached hydrogen (secondary N) is 1. The SMILES string of the molecule is CC1CCC(NC2CCN(C(=O)C3CC3)CC2)C(C)C1. The number of hydrogen-bond acceptors (Lipinski definition) is 2. The van der Waals surface area contributed by atoms with Crippen molar-refractivity contribution >= 4 is 5.91 Å². The first-order chi connectivity index (χ1) is 9.63. The number of amides is 1. The maximum Gasteiger partial charge on any atom is 0.225 e. The van der Waals surface area contributed by atoms with Gasteiger partial charge in [0.1, 0.15) is 0 Å². The molecule has 1 N–H and O–H groups in total. The van der Waals surface area contributed by atoms with Gasteiger partial charge in [-0.05, 0) is 56.8 Å². The topological polar surface area (TPSA) is 32.3 Å². The molecule has 114 valence electrons. The molecule has 20 heavy (non-hydrogen) atoms. The summed E-state index contributed by atoms with van der Waals surface area (Å²) in [5.74, 6) is 2.54. The van der Waals surface area contributed by atoms with Crippen molar-refractivity contribution in [1.29, 1.82) is 0 Å². The normalized spacial score (nSPS) is 36.1. The molecule has 2 saturated carbocycles. The third kappa shape index (κ3) is 3.36. The Bertz CT molecular complexity index is 345. The highest BCUT2D eigenvalue weighted by Crippen LogP contribution is 2.32. The van der Waals surface area contributed by atoms with Crippen LogP contribution in [0.25, 0.3) is 0 Å². The zero-order valence-electron chi connectivity index (χ0n) is 13.1. The third-order valence-electron chi connectivity index (χ3n) is 5.61. The van der Waals surface area contributed by atoms with Crippen molar-refractivity contribution in [3.8, 4) is 0 Å². The van der Waals surface area contributed by atoms with Gasteiger partial charge >= 0.3 is 0 Å². The molecule has 0 bridgehead atoms. The predicted octanol–water partition coefficient (Wildman–Crippen LogP) is 2.80. The first kappa shape index (κ1) is 14.4. The number of nitrogens with zero attached hydrogens (tertiary/aromatic N) is 1. The highest BCUT2D eigenvalue weighted by atomic mass is 16.2. The van der Waals surface area contributed by atoms with Crippen LogP contribution in [0.3, 0.4) is 0 Å². The number of piperidine rings is 1. The van der Waals surface area contributed by atoms with Crippen LogP contribution in [-0.4, -0.2) is 36.0 Å². The number of rotatable bonds is 3. The summed E-state index contributed by atoms with van der Waals surface area (Å²) >= 11 is 0. The van der Waals surface area contributed by atoms with Crippen molar-refractivity contribution in [2.75, 3.05) is 13.1 Å². The maximum atomic E-state index is 12.1. The Hall–Kier alpha value is -0.570. The molecule has 1 heterocycles. The number of hydrogen-bond donors (Lipinski definition) is 1. The molecule has 0 aromatic carbocycles. The molecular weight excluding hydrogens is 248 g/mol. The summed E-state index contributed by atoms with van der Waals surface area (Å²) in [4.78, 5) is 14.2. The number of carbonyl (C=O) groups is 1. The standard InChI is InChI=1S/C17H30N2O/c1-12-3-6-16(13(2)11-12)18-15-7-9-19(10-8-15)17(20)14-4-5-14/h12-16,18H,3-11H2,1-2H3. The lowest BCUT2D eigenvalue weighted by Gasteiger charge is -2.39. The van der Waals surface area contributed by atoms with Crippen LogP contribution in [0, 0.1) is 17.8 Å². The van der Waals surface area contributed by atoms with Gasteiger partial charge in [0.25, 0.3) is 0 Å². The highest BCUT2D eigenvalue weighted by molar-refractivity contribution is 5.81. The van der Waals surface area contributed by atoms with Gasteiger partial charge in [-0.15, -0.1) is 0 Å². The van der Waals surface area contributed by atoms with Gasteiger partial charge in [-0.25, -0.2) is 0 Å². The molecule has 2 aliphatic carbocycles. The van der Waals surface area contributed by atoms with Crippen molar-refractivity contribution in [2.45, 2.75) is 70.9 Å². The van der Waals surface area contributed by atoms with E-state index in [2.05, 4.69) is 24.1 Å². The molecule has 1 amide bonds. The van der Waals surface area contributed by atoms with Crippen LogP contribution < -0.4 is 5.32 Å². The van der Waals surface area contributed by atoms with Crippen LogP contribution in [0.5, 0.6) is 0 Å². The van der Waals surface area contributed by atoms with Gasteiger partial charge in [-0.2, -0.15) is 0 Å². The van der Waals surface area contributed by atoms with E-state index in [1.54, 1.807) is 0 Å². The van der Waals surface area contributed by atoms with Gasteiger partial charge in [0.2, 0.25) is 5.91 Å². The van der Waals surface area contributed by atoms with Gasteiger partial charge in [0, 0.05) is 31.1 Å². The van der Waals surface area contributed by atoms with Crippen molar-refractivity contribution in [1.82, 2.24) is 10.2 Å². The lowest BCUT2D eigenvalue weighted by Crippen LogP contribution is -2.50. The first-order valence-corrected chi connectivity index (χ1v) is 8.68. The molecule has 0 radical (unpaired) electrons. The Morgan fingerprint density at radius 2 is 1.70 bits per heavy atom. The third-order valence-corrected chi connectivity index (χ3v) is 5.61. The van der Waals surface area contributed by atoms with Gasteiger partial charge in [0.05, 0.1) is 0 Å². The number of likely N-dealkylation sites (tertiary alicyclic amines) is 1. The fraction of sp³-hybridized carbons (Fsp3) is 0.941. The second kappa shape index (κ2) is 6.05. The zero-order chi connectivity index (χ0) is 14.1. The van der Waals surface area contributed by atoms with E-state index in [0.29, 0.717) is 23.9 Å². The highest BCUT2D eigenvalue weighted by Gasteiger charge is 2.35. The fourth-order valence-corrected chi connectivity index (χ4v) is 4.07. The molecule has 3 heteroatoms. The maximum absolute atomic E-state index is 12.1. The Labute approximate surface area is 123 Å². The van der Waals surface area contributed by atoms with Crippen molar-refractivity contribution in [3.05, 3.63) is 0 Å². The molecule has 3 fully saturated rings. The van der Waals surface area contributed by atoms with Gasteiger partial charge in [0.15, 0.2) is 0 Å².